The van der Waals surface area contributed by atoms with Gasteiger partial charge in [-0.05, 0) is 36.8 Å². The summed E-state index contributed by atoms with van der Waals surface area (Å²) < 4.78 is 0. The van der Waals surface area contributed by atoms with Crippen molar-refractivity contribution in [3.63, 3.8) is 0 Å². The van der Waals surface area contributed by atoms with Crippen LogP contribution in [-0.4, -0.2) is 4.98 Å². The Balaban J connectivity index is 2.09. The number of halogens is 1. The van der Waals surface area contributed by atoms with Gasteiger partial charge in [0, 0.05) is 16.5 Å². The van der Waals surface area contributed by atoms with Crippen LogP contribution in [0, 0.1) is 0 Å². The largest absolute Gasteiger partial charge is 0.250 e. The third kappa shape index (κ3) is 3.00. The van der Waals surface area contributed by atoms with E-state index in [0.717, 1.165) is 10.0 Å². The van der Waals surface area contributed by atoms with Gasteiger partial charge in [0.05, 0.1) is 5.03 Å². The molecule has 0 aliphatic rings. The zero-order chi connectivity index (χ0) is 11.4. The van der Waals surface area contributed by atoms with Crippen LogP contribution in [0.5, 0.6) is 0 Å². The van der Waals surface area contributed by atoms with Crippen molar-refractivity contribution >= 4 is 23.4 Å². The van der Waals surface area contributed by atoms with E-state index in [0.29, 0.717) is 5.25 Å². The molecule has 0 bridgehead atoms. The maximum Gasteiger partial charge on any atom is 0.0965 e. The molecule has 0 fully saturated rings. The van der Waals surface area contributed by atoms with Crippen LogP contribution in [0.2, 0.25) is 5.02 Å². The van der Waals surface area contributed by atoms with Gasteiger partial charge in [0.25, 0.3) is 0 Å². The highest BCUT2D eigenvalue weighted by molar-refractivity contribution is 7.99. The zero-order valence-electron chi connectivity index (χ0n) is 8.93. The summed E-state index contributed by atoms with van der Waals surface area (Å²) in [5.41, 5.74) is 1.26. The van der Waals surface area contributed by atoms with E-state index >= 15 is 0 Å². The van der Waals surface area contributed by atoms with Crippen molar-refractivity contribution in [1.82, 2.24) is 4.98 Å². The minimum absolute atomic E-state index is 0.382. The van der Waals surface area contributed by atoms with Crippen molar-refractivity contribution in [2.75, 3.05) is 0 Å². The van der Waals surface area contributed by atoms with Gasteiger partial charge in [0.15, 0.2) is 0 Å². The molecule has 0 saturated heterocycles. The lowest BCUT2D eigenvalue weighted by Crippen LogP contribution is -1.88. The molecule has 2 aromatic rings. The number of benzene rings is 1. The number of hydrogen-bond acceptors (Lipinski definition) is 2. The quantitative estimate of drug-likeness (QED) is 0.738. The first kappa shape index (κ1) is 11.5. The first-order valence-corrected chi connectivity index (χ1v) is 6.34. The first-order valence-electron chi connectivity index (χ1n) is 5.09. The minimum atomic E-state index is 0.382. The summed E-state index contributed by atoms with van der Waals surface area (Å²) >= 11 is 7.61. The minimum Gasteiger partial charge on any atom is -0.250 e. The molecule has 0 N–H and O–H groups in total. The van der Waals surface area contributed by atoms with E-state index in [4.69, 9.17) is 11.6 Å². The predicted octanol–water partition coefficient (Wildman–Crippen LogP) is 4.59. The van der Waals surface area contributed by atoms with Crippen molar-refractivity contribution in [2.45, 2.75) is 17.2 Å². The predicted molar refractivity (Wildman–Crippen MR) is 70.0 cm³/mol. The van der Waals surface area contributed by atoms with Crippen molar-refractivity contribution in [3.05, 3.63) is 59.2 Å². The average molecular weight is 250 g/mol. The molecule has 0 amide bonds. The van der Waals surface area contributed by atoms with Crippen LogP contribution >= 0.6 is 23.4 Å². The third-order valence-corrected chi connectivity index (χ3v) is 3.64. The molecule has 3 heteroatoms. The highest BCUT2D eigenvalue weighted by atomic mass is 35.5. The van der Waals surface area contributed by atoms with Gasteiger partial charge < -0.3 is 0 Å². The SMILES string of the molecule is CC(Sc1ccccn1)c1ccc(Cl)cc1. The molecule has 1 nitrogen and oxygen atoms in total. The topological polar surface area (TPSA) is 12.9 Å². The highest BCUT2D eigenvalue weighted by Crippen LogP contribution is 2.33. The Bertz CT molecular complexity index is 441. The Morgan fingerprint density at radius 3 is 2.50 bits per heavy atom. The molecule has 1 aromatic heterocycles. The molecule has 2 rings (SSSR count). The van der Waals surface area contributed by atoms with Crippen molar-refractivity contribution < 1.29 is 0 Å². The molecule has 0 radical (unpaired) electrons. The molecular formula is C13H12ClNS. The molecule has 1 aromatic carbocycles. The number of aromatic nitrogens is 1. The van der Waals surface area contributed by atoms with E-state index in [9.17, 15) is 0 Å². The summed E-state index contributed by atoms with van der Waals surface area (Å²) in [7, 11) is 0. The second kappa shape index (κ2) is 5.37. The molecule has 82 valence electrons. The Kier molecular flexibility index (Phi) is 3.86. The maximum atomic E-state index is 5.86. The van der Waals surface area contributed by atoms with Crippen LogP contribution in [0.15, 0.2) is 53.7 Å². The summed E-state index contributed by atoms with van der Waals surface area (Å²) in [6, 6.07) is 13.9. The first-order chi connectivity index (χ1) is 7.75. The number of rotatable bonds is 3. The zero-order valence-corrected chi connectivity index (χ0v) is 10.5. The molecule has 1 heterocycles. The second-order valence-corrected chi connectivity index (χ2v) is 5.28. The number of hydrogen-bond donors (Lipinski definition) is 0. The van der Waals surface area contributed by atoms with E-state index < -0.39 is 0 Å². The molecule has 16 heavy (non-hydrogen) atoms. The fourth-order valence-electron chi connectivity index (χ4n) is 1.40. The standard InChI is InChI=1S/C13H12ClNS/c1-10(11-5-7-12(14)8-6-11)16-13-4-2-3-9-15-13/h2-10H,1H3. The van der Waals surface area contributed by atoms with Crippen LogP contribution in [-0.2, 0) is 0 Å². The van der Waals surface area contributed by atoms with E-state index in [1.54, 1.807) is 11.8 Å². The summed E-state index contributed by atoms with van der Waals surface area (Å²) in [5.74, 6) is 0. The van der Waals surface area contributed by atoms with E-state index in [2.05, 4.69) is 24.0 Å². The van der Waals surface area contributed by atoms with Gasteiger partial charge in [-0.25, -0.2) is 4.98 Å². The molecule has 0 aliphatic heterocycles. The lowest BCUT2D eigenvalue weighted by Gasteiger charge is -2.10. The van der Waals surface area contributed by atoms with Crippen molar-refractivity contribution in [3.8, 4) is 0 Å². The smallest absolute Gasteiger partial charge is 0.0965 e. The molecular weight excluding hydrogens is 238 g/mol. The van der Waals surface area contributed by atoms with Crippen LogP contribution in [0.25, 0.3) is 0 Å². The van der Waals surface area contributed by atoms with Crippen molar-refractivity contribution in [1.29, 1.82) is 0 Å². The fourth-order valence-corrected chi connectivity index (χ4v) is 2.46. The molecule has 0 aliphatic carbocycles. The third-order valence-electron chi connectivity index (χ3n) is 2.27. The fraction of sp³-hybridized carbons (Fsp3) is 0.154. The van der Waals surface area contributed by atoms with E-state index in [1.165, 1.54) is 5.56 Å². The van der Waals surface area contributed by atoms with Gasteiger partial charge in [0.2, 0.25) is 0 Å². The van der Waals surface area contributed by atoms with Crippen LogP contribution in [0.3, 0.4) is 0 Å². The van der Waals surface area contributed by atoms with Gasteiger partial charge in [0.1, 0.15) is 0 Å². The Morgan fingerprint density at radius 1 is 1.12 bits per heavy atom. The highest BCUT2D eigenvalue weighted by Gasteiger charge is 2.07. The van der Waals surface area contributed by atoms with Gasteiger partial charge in [-0.2, -0.15) is 0 Å². The van der Waals surface area contributed by atoms with E-state index in [-0.39, 0.29) is 0 Å². The van der Waals surface area contributed by atoms with Gasteiger partial charge in [-0.3, -0.25) is 0 Å². The Labute approximate surface area is 105 Å². The molecule has 1 unspecified atom stereocenters. The monoisotopic (exact) mass is 249 g/mol. The Morgan fingerprint density at radius 2 is 1.88 bits per heavy atom. The van der Waals surface area contributed by atoms with Gasteiger partial charge >= 0.3 is 0 Å². The van der Waals surface area contributed by atoms with Crippen LogP contribution in [0.4, 0.5) is 0 Å². The Hall–Kier alpha value is -0.990. The van der Waals surface area contributed by atoms with Crippen LogP contribution < -0.4 is 0 Å². The van der Waals surface area contributed by atoms with Crippen molar-refractivity contribution in [2.24, 2.45) is 0 Å². The lowest BCUT2D eigenvalue weighted by molar-refractivity contribution is 1.06. The van der Waals surface area contributed by atoms with Gasteiger partial charge in [-0.15, -0.1) is 0 Å². The lowest BCUT2D eigenvalue weighted by atomic mass is 10.2. The summed E-state index contributed by atoms with van der Waals surface area (Å²) in [6.07, 6.45) is 1.82. The number of thioether (sulfide) groups is 1. The summed E-state index contributed by atoms with van der Waals surface area (Å²) in [5, 5.41) is 2.20. The number of pyridine rings is 1. The summed E-state index contributed by atoms with van der Waals surface area (Å²) in [6.45, 7) is 2.17. The second-order valence-electron chi connectivity index (χ2n) is 3.48. The van der Waals surface area contributed by atoms with Crippen LogP contribution in [0.1, 0.15) is 17.7 Å². The normalized spacial score (nSPS) is 12.4. The summed E-state index contributed by atoms with van der Waals surface area (Å²) in [4.78, 5) is 4.30. The molecule has 0 saturated carbocycles. The average Bonchev–Trinajstić information content (AvgIpc) is 2.31. The van der Waals surface area contributed by atoms with Gasteiger partial charge in [-0.1, -0.05) is 41.6 Å². The number of nitrogens with zero attached hydrogens (tertiary/aromatic N) is 1. The molecule has 1 atom stereocenters. The van der Waals surface area contributed by atoms with E-state index in [1.807, 2.05) is 36.5 Å². The maximum absolute atomic E-state index is 5.86. The molecule has 0 spiro atoms.